The largest absolute Gasteiger partial charge is 0.419 e. The van der Waals surface area contributed by atoms with Gasteiger partial charge in [0.05, 0.1) is 11.4 Å². The van der Waals surface area contributed by atoms with E-state index in [1.165, 1.54) is 54.5 Å². The van der Waals surface area contributed by atoms with E-state index in [-0.39, 0.29) is 0 Å². The average molecular weight is 400 g/mol. The first-order chi connectivity index (χ1) is 13.3. The number of aryl methyl sites for hydroxylation is 2. The summed E-state index contributed by atoms with van der Waals surface area (Å²) in [6.07, 6.45) is 7.46. The number of hydrogen-bond acceptors (Lipinski definition) is 5. The number of nitrogens with one attached hydrogen (secondary N) is 1. The minimum absolute atomic E-state index is 0.312. The molecule has 140 valence electrons. The molecule has 0 amide bonds. The molecule has 4 nitrogen and oxygen atoms in total. The zero-order valence-electron chi connectivity index (χ0n) is 15.1. The van der Waals surface area contributed by atoms with Crippen LogP contribution in [0.25, 0.3) is 10.8 Å². The van der Waals surface area contributed by atoms with E-state index in [1.807, 2.05) is 23.5 Å². The topological polar surface area (TPSA) is 51.0 Å². The summed E-state index contributed by atoms with van der Waals surface area (Å²) in [4.78, 5) is 2.60. The molecule has 2 aliphatic rings. The second-order valence-electron chi connectivity index (χ2n) is 7.51. The zero-order chi connectivity index (χ0) is 18.2. The van der Waals surface area contributed by atoms with Crippen molar-refractivity contribution in [2.24, 2.45) is 5.92 Å². The van der Waals surface area contributed by atoms with Crippen LogP contribution in [0, 0.1) is 5.92 Å². The first kappa shape index (κ1) is 17.4. The monoisotopic (exact) mass is 399 g/mol. The Kier molecular flexibility index (Phi) is 4.76. The third kappa shape index (κ3) is 3.82. The average Bonchev–Trinajstić information content (AvgIpc) is 3.25. The molecule has 0 aliphatic heterocycles. The Hall–Kier alpha value is -1.69. The lowest BCUT2D eigenvalue weighted by molar-refractivity contribution is 0.421. The highest BCUT2D eigenvalue weighted by atomic mass is 35.5. The maximum atomic E-state index is 6.03. The molecule has 1 fully saturated rings. The van der Waals surface area contributed by atoms with Crippen molar-refractivity contribution < 1.29 is 4.42 Å². The van der Waals surface area contributed by atoms with Gasteiger partial charge in [-0.2, -0.15) is 0 Å². The molecule has 0 saturated heterocycles. The number of fused-ring (bicyclic) bond motifs is 1. The highest BCUT2D eigenvalue weighted by molar-refractivity contribution is 7.15. The summed E-state index contributed by atoms with van der Waals surface area (Å²) in [7, 11) is 0. The van der Waals surface area contributed by atoms with E-state index >= 15 is 0 Å². The third-order valence-corrected chi connectivity index (χ3v) is 6.95. The summed E-state index contributed by atoms with van der Waals surface area (Å²) in [6, 6.07) is 10.7. The van der Waals surface area contributed by atoms with E-state index in [4.69, 9.17) is 16.0 Å². The minimum Gasteiger partial charge on any atom is -0.419 e. The molecular formula is C21H22ClN3OS. The van der Waals surface area contributed by atoms with Crippen LogP contribution in [-0.4, -0.2) is 10.2 Å². The Morgan fingerprint density at radius 2 is 1.96 bits per heavy atom. The minimum atomic E-state index is 0.312. The first-order valence-electron chi connectivity index (χ1n) is 9.69. The molecule has 0 spiro atoms. The van der Waals surface area contributed by atoms with E-state index in [0.717, 1.165) is 9.90 Å². The second-order valence-corrected chi connectivity index (χ2v) is 9.09. The van der Waals surface area contributed by atoms with Crippen LogP contribution in [0.5, 0.6) is 0 Å². The molecular weight excluding hydrogens is 378 g/mol. The fraction of sp³-hybridized carbons (Fsp3) is 0.429. The summed E-state index contributed by atoms with van der Waals surface area (Å²) >= 11 is 7.84. The molecule has 1 unspecified atom stereocenters. The standard InChI is InChI=1S/C21H22ClN3OS/c22-16-9-7-14(8-10-16)20(13-5-6-13)23-12-19-24-25-21(26-19)18-11-15-3-1-2-4-17(15)27-18/h7-11,13,20,23H,1-6,12H2. The molecule has 5 rings (SSSR count). The lowest BCUT2D eigenvalue weighted by Gasteiger charge is -2.17. The summed E-state index contributed by atoms with van der Waals surface area (Å²) < 4.78 is 5.96. The van der Waals surface area contributed by atoms with Crippen LogP contribution in [0.4, 0.5) is 0 Å². The number of benzene rings is 1. The van der Waals surface area contributed by atoms with Crippen molar-refractivity contribution in [2.75, 3.05) is 0 Å². The molecule has 1 aromatic carbocycles. The predicted octanol–water partition coefficient (Wildman–Crippen LogP) is 5.57. The van der Waals surface area contributed by atoms with Gasteiger partial charge < -0.3 is 9.73 Å². The van der Waals surface area contributed by atoms with Gasteiger partial charge in [-0.15, -0.1) is 21.5 Å². The second kappa shape index (κ2) is 7.38. The number of aromatic nitrogens is 2. The maximum absolute atomic E-state index is 6.03. The van der Waals surface area contributed by atoms with Crippen LogP contribution < -0.4 is 5.32 Å². The first-order valence-corrected chi connectivity index (χ1v) is 10.9. The number of halogens is 1. The van der Waals surface area contributed by atoms with E-state index in [0.29, 0.717) is 30.3 Å². The quantitative estimate of drug-likeness (QED) is 0.588. The Morgan fingerprint density at radius 3 is 2.74 bits per heavy atom. The fourth-order valence-corrected chi connectivity index (χ4v) is 5.18. The van der Waals surface area contributed by atoms with Crippen molar-refractivity contribution in [1.82, 2.24) is 15.5 Å². The van der Waals surface area contributed by atoms with Gasteiger partial charge in [-0.05, 0) is 73.8 Å². The third-order valence-electron chi connectivity index (χ3n) is 5.47. The van der Waals surface area contributed by atoms with Crippen LogP contribution in [-0.2, 0) is 19.4 Å². The molecule has 27 heavy (non-hydrogen) atoms. The van der Waals surface area contributed by atoms with Crippen LogP contribution in [0.2, 0.25) is 5.02 Å². The molecule has 2 aliphatic carbocycles. The summed E-state index contributed by atoms with van der Waals surface area (Å²) in [6.45, 7) is 0.585. The van der Waals surface area contributed by atoms with Crippen molar-refractivity contribution in [3.8, 4) is 10.8 Å². The predicted molar refractivity (Wildman–Crippen MR) is 108 cm³/mol. The Bertz CT molecular complexity index is 906. The van der Waals surface area contributed by atoms with Crippen molar-refractivity contribution in [3.05, 3.63) is 57.2 Å². The maximum Gasteiger partial charge on any atom is 0.257 e. The number of hydrogen-bond donors (Lipinski definition) is 1. The molecule has 1 N–H and O–H groups in total. The van der Waals surface area contributed by atoms with Gasteiger partial charge in [0, 0.05) is 15.9 Å². The zero-order valence-corrected chi connectivity index (χ0v) is 16.7. The lowest BCUT2D eigenvalue weighted by atomic mass is 9.99. The van der Waals surface area contributed by atoms with Crippen LogP contribution >= 0.6 is 22.9 Å². The Morgan fingerprint density at radius 1 is 1.15 bits per heavy atom. The van der Waals surface area contributed by atoms with Gasteiger partial charge >= 0.3 is 0 Å². The van der Waals surface area contributed by atoms with Gasteiger partial charge in [0.1, 0.15) is 0 Å². The fourth-order valence-electron chi connectivity index (χ4n) is 3.87. The van der Waals surface area contributed by atoms with E-state index in [1.54, 1.807) is 0 Å². The SMILES string of the molecule is Clc1ccc(C(NCc2nnc(-c3cc4c(s3)CCCC4)o2)C2CC2)cc1. The van der Waals surface area contributed by atoms with Gasteiger partial charge in [0.2, 0.25) is 5.89 Å². The molecule has 3 aromatic rings. The van der Waals surface area contributed by atoms with Crippen molar-refractivity contribution >= 4 is 22.9 Å². The Balaban J connectivity index is 1.28. The normalized spacial score (nSPS) is 17.7. The van der Waals surface area contributed by atoms with Gasteiger partial charge in [-0.25, -0.2) is 0 Å². The van der Waals surface area contributed by atoms with E-state index in [9.17, 15) is 0 Å². The van der Waals surface area contributed by atoms with Gasteiger partial charge in [-0.1, -0.05) is 23.7 Å². The number of thiophene rings is 1. The van der Waals surface area contributed by atoms with Gasteiger partial charge in [0.15, 0.2) is 0 Å². The molecule has 2 aromatic heterocycles. The number of rotatable bonds is 6. The van der Waals surface area contributed by atoms with Crippen LogP contribution in [0.3, 0.4) is 0 Å². The molecule has 0 bridgehead atoms. The highest BCUT2D eigenvalue weighted by Gasteiger charge is 2.32. The smallest absolute Gasteiger partial charge is 0.257 e. The molecule has 1 atom stereocenters. The molecule has 1 saturated carbocycles. The van der Waals surface area contributed by atoms with Crippen molar-refractivity contribution in [3.63, 3.8) is 0 Å². The lowest BCUT2D eigenvalue weighted by Crippen LogP contribution is -2.22. The Labute approximate surface area is 168 Å². The van der Waals surface area contributed by atoms with Crippen LogP contribution in [0.15, 0.2) is 34.7 Å². The summed E-state index contributed by atoms with van der Waals surface area (Å²) in [5.74, 6) is 1.98. The molecule has 0 radical (unpaired) electrons. The number of nitrogens with zero attached hydrogens (tertiary/aromatic N) is 2. The van der Waals surface area contributed by atoms with E-state index < -0.39 is 0 Å². The van der Waals surface area contributed by atoms with E-state index in [2.05, 4.69) is 33.7 Å². The highest BCUT2D eigenvalue weighted by Crippen LogP contribution is 2.41. The summed E-state index contributed by atoms with van der Waals surface area (Å²) in [5, 5.41) is 12.9. The van der Waals surface area contributed by atoms with Crippen molar-refractivity contribution in [1.29, 1.82) is 0 Å². The van der Waals surface area contributed by atoms with Gasteiger partial charge in [0.25, 0.3) is 5.89 Å². The van der Waals surface area contributed by atoms with Crippen LogP contribution in [0.1, 0.15) is 53.6 Å². The van der Waals surface area contributed by atoms with Gasteiger partial charge in [-0.3, -0.25) is 0 Å². The van der Waals surface area contributed by atoms with Crippen molar-refractivity contribution in [2.45, 2.75) is 51.1 Å². The molecule has 6 heteroatoms. The molecule has 2 heterocycles. The summed E-state index contributed by atoms with van der Waals surface area (Å²) in [5.41, 5.74) is 2.74.